The summed E-state index contributed by atoms with van der Waals surface area (Å²) in [5.74, 6) is 0. The van der Waals surface area contributed by atoms with Crippen LogP contribution in [0.1, 0.15) is 6.42 Å². The highest BCUT2D eigenvalue weighted by atomic mass is 17.2. The summed E-state index contributed by atoms with van der Waals surface area (Å²) in [5.41, 5.74) is 0. The summed E-state index contributed by atoms with van der Waals surface area (Å²) in [6.45, 7) is 1.50. The van der Waals surface area contributed by atoms with E-state index in [0.29, 0.717) is 13.2 Å². The molecule has 0 aromatic carbocycles. The molecule has 0 fully saturated rings. The molecule has 0 aliphatic heterocycles. The van der Waals surface area contributed by atoms with Gasteiger partial charge in [-0.1, -0.05) is 0 Å². The van der Waals surface area contributed by atoms with E-state index in [1.165, 1.54) is 7.11 Å². The third-order valence-electron chi connectivity index (χ3n) is 1.43. The minimum Gasteiger partial charge on any atom is -0.385 e. The normalized spacial score (nSPS) is 13.0. The van der Waals surface area contributed by atoms with Gasteiger partial charge in [0.05, 0.1) is 6.61 Å². The Labute approximate surface area is 90.3 Å². The smallest absolute Gasteiger partial charge is 0.216 e. The molecule has 0 saturated carbocycles. The summed E-state index contributed by atoms with van der Waals surface area (Å²) in [4.78, 5) is 9.86. The lowest BCUT2D eigenvalue weighted by molar-refractivity contribution is -0.392. The molecule has 0 aromatic heterocycles. The van der Waals surface area contributed by atoms with E-state index in [2.05, 4.69) is 0 Å². The summed E-state index contributed by atoms with van der Waals surface area (Å²) in [6, 6.07) is 0. The first kappa shape index (κ1) is 14.8. The van der Waals surface area contributed by atoms with Crippen LogP contribution in [-0.4, -0.2) is 54.2 Å². The van der Waals surface area contributed by atoms with Gasteiger partial charge in [-0.15, -0.1) is 0 Å². The summed E-state index contributed by atoms with van der Waals surface area (Å²) >= 11 is 0. The van der Waals surface area contributed by atoms with Crippen molar-refractivity contribution in [2.24, 2.45) is 0 Å². The predicted molar refractivity (Wildman–Crippen MR) is 52.2 cm³/mol. The number of ether oxygens (including phenoxy) is 4. The van der Waals surface area contributed by atoms with Crippen LogP contribution in [0.25, 0.3) is 0 Å². The zero-order valence-electron chi connectivity index (χ0n) is 9.56. The maximum Gasteiger partial charge on any atom is 0.216 e. The quantitative estimate of drug-likeness (QED) is 0.221. The molecule has 0 N–H and O–H groups in total. The highest BCUT2D eigenvalue weighted by molar-refractivity contribution is 4.35. The van der Waals surface area contributed by atoms with E-state index < -0.39 is 6.29 Å². The molecule has 92 valence electrons. The van der Waals surface area contributed by atoms with Crippen molar-refractivity contribution in [3.8, 4) is 0 Å². The second-order valence-corrected chi connectivity index (χ2v) is 2.72. The van der Waals surface area contributed by atoms with Gasteiger partial charge in [0.1, 0.15) is 13.4 Å². The summed E-state index contributed by atoms with van der Waals surface area (Å²) < 4.78 is 19.6. The van der Waals surface area contributed by atoms with Crippen molar-refractivity contribution in [1.29, 1.82) is 0 Å². The fourth-order valence-electron chi connectivity index (χ4n) is 0.770. The molecular formula is C9H20O6. The van der Waals surface area contributed by atoms with E-state index in [4.69, 9.17) is 28.7 Å². The first-order chi connectivity index (χ1) is 7.35. The van der Waals surface area contributed by atoms with Gasteiger partial charge in [-0.25, -0.2) is 9.78 Å². The second-order valence-electron chi connectivity index (χ2n) is 2.72. The van der Waals surface area contributed by atoms with Gasteiger partial charge in [-0.05, 0) is 6.42 Å². The Morgan fingerprint density at radius 2 is 1.73 bits per heavy atom. The van der Waals surface area contributed by atoms with E-state index >= 15 is 0 Å². The van der Waals surface area contributed by atoms with Gasteiger partial charge in [0, 0.05) is 27.9 Å². The molecule has 15 heavy (non-hydrogen) atoms. The molecule has 0 aliphatic carbocycles. The molecule has 0 aromatic rings. The molecule has 0 bridgehead atoms. The highest BCUT2D eigenvalue weighted by Crippen LogP contribution is 1.98. The highest BCUT2D eigenvalue weighted by Gasteiger charge is 2.09. The average molecular weight is 224 g/mol. The maximum absolute atomic E-state index is 5.11. The Hall–Kier alpha value is -0.240. The summed E-state index contributed by atoms with van der Waals surface area (Å²) in [5, 5.41) is 0. The van der Waals surface area contributed by atoms with Crippen molar-refractivity contribution in [2.45, 2.75) is 12.7 Å². The molecule has 1 unspecified atom stereocenters. The standard InChI is InChI=1S/C9H20O6/c1-10-5-4-6-14-15-9(7-11-2)13-8-12-3/h9H,4-8H2,1-3H3. The Morgan fingerprint density at radius 1 is 0.933 bits per heavy atom. The van der Waals surface area contributed by atoms with Crippen LogP contribution in [0.3, 0.4) is 0 Å². The van der Waals surface area contributed by atoms with E-state index in [9.17, 15) is 0 Å². The van der Waals surface area contributed by atoms with Crippen molar-refractivity contribution in [3.63, 3.8) is 0 Å². The van der Waals surface area contributed by atoms with Crippen LogP contribution in [0.5, 0.6) is 0 Å². The Bertz CT molecular complexity index is 121. The number of methoxy groups -OCH3 is 3. The van der Waals surface area contributed by atoms with Crippen molar-refractivity contribution < 1.29 is 28.7 Å². The first-order valence-corrected chi connectivity index (χ1v) is 4.71. The second kappa shape index (κ2) is 11.8. The van der Waals surface area contributed by atoms with Crippen molar-refractivity contribution >= 4 is 0 Å². The zero-order chi connectivity index (χ0) is 11.4. The fraction of sp³-hybridized carbons (Fsp3) is 1.00. The van der Waals surface area contributed by atoms with Crippen molar-refractivity contribution in [1.82, 2.24) is 0 Å². The molecule has 0 aliphatic rings. The molecule has 6 heteroatoms. The summed E-state index contributed by atoms with van der Waals surface area (Å²) in [7, 11) is 4.72. The van der Waals surface area contributed by atoms with Crippen LogP contribution in [0, 0.1) is 0 Å². The molecule has 0 amide bonds. The topological polar surface area (TPSA) is 55.4 Å². The van der Waals surface area contributed by atoms with E-state index in [1.54, 1.807) is 14.2 Å². The fourth-order valence-corrected chi connectivity index (χ4v) is 0.770. The molecule has 0 radical (unpaired) electrons. The minimum absolute atomic E-state index is 0.134. The van der Waals surface area contributed by atoms with Gasteiger partial charge in [-0.3, -0.25) is 0 Å². The zero-order valence-corrected chi connectivity index (χ0v) is 9.56. The number of rotatable bonds is 11. The van der Waals surface area contributed by atoms with Crippen molar-refractivity contribution in [2.75, 3.05) is 47.9 Å². The number of hydrogen-bond acceptors (Lipinski definition) is 6. The molecule has 1 atom stereocenters. The van der Waals surface area contributed by atoms with Crippen molar-refractivity contribution in [3.05, 3.63) is 0 Å². The summed E-state index contributed by atoms with van der Waals surface area (Å²) in [6.07, 6.45) is 0.193. The molecule has 0 saturated heterocycles. The van der Waals surface area contributed by atoms with Crippen LogP contribution in [0.15, 0.2) is 0 Å². The van der Waals surface area contributed by atoms with Crippen LogP contribution in [0.2, 0.25) is 0 Å². The molecule has 0 rings (SSSR count). The first-order valence-electron chi connectivity index (χ1n) is 4.71. The van der Waals surface area contributed by atoms with Crippen LogP contribution < -0.4 is 0 Å². The molecular weight excluding hydrogens is 204 g/mol. The monoisotopic (exact) mass is 224 g/mol. The van der Waals surface area contributed by atoms with Gasteiger partial charge in [0.25, 0.3) is 0 Å². The van der Waals surface area contributed by atoms with Gasteiger partial charge in [-0.2, -0.15) is 0 Å². The van der Waals surface area contributed by atoms with E-state index in [-0.39, 0.29) is 13.4 Å². The van der Waals surface area contributed by atoms with Crippen LogP contribution in [-0.2, 0) is 28.7 Å². The van der Waals surface area contributed by atoms with Gasteiger partial charge < -0.3 is 18.9 Å². The lowest BCUT2D eigenvalue weighted by Crippen LogP contribution is -2.24. The van der Waals surface area contributed by atoms with E-state index in [1.807, 2.05) is 0 Å². The molecule has 0 spiro atoms. The molecule has 6 nitrogen and oxygen atoms in total. The Morgan fingerprint density at radius 3 is 2.33 bits per heavy atom. The SMILES string of the molecule is COCCCOOC(COC)OCOC. The molecule has 0 heterocycles. The average Bonchev–Trinajstić information content (AvgIpc) is 2.25. The largest absolute Gasteiger partial charge is 0.385 e. The third kappa shape index (κ3) is 10.1. The minimum atomic E-state index is -0.572. The lowest BCUT2D eigenvalue weighted by Gasteiger charge is -2.15. The third-order valence-corrected chi connectivity index (χ3v) is 1.43. The lowest BCUT2D eigenvalue weighted by atomic mass is 10.5. The number of hydrogen-bond donors (Lipinski definition) is 0. The van der Waals surface area contributed by atoms with Crippen LogP contribution in [0.4, 0.5) is 0 Å². The Kier molecular flexibility index (Phi) is 11.6. The maximum atomic E-state index is 5.11. The van der Waals surface area contributed by atoms with Crippen LogP contribution >= 0.6 is 0 Å². The predicted octanol–water partition coefficient (Wildman–Crippen LogP) is 0.564. The van der Waals surface area contributed by atoms with Gasteiger partial charge >= 0.3 is 0 Å². The van der Waals surface area contributed by atoms with E-state index in [0.717, 1.165) is 6.42 Å². The van der Waals surface area contributed by atoms with Gasteiger partial charge in [0.15, 0.2) is 0 Å². The van der Waals surface area contributed by atoms with Gasteiger partial charge in [0.2, 0.25) is 6.29 Å². The Balaban J connectivity index is 3.38.